The van der Waals surface area contributed by atoms with Gasteiger partial charge in [0, 0.05) is 16.7 Å². The minimum atomic E-state index is -5.23. The fraction of sp³-hybridized carbons (Fsp3) is 0.696. The van der Waals surface area contributed by atoms with Crippen molar-refractivity contribution in [2.75, 3.05) is 6.61 Å². The molecule has 3 saturated carbocycles. The third kappa shape index (κ3) is 3.19. The second-order valence-corrected chi connectivity index (χ2v) is 10.1. The number of halogens is 3. The van der Waals surface area contributed by atoms with Crippen LogP contribution in [0.4, 0.5) is 13.2 Å². The number of ketones is 2. The summed E-state index contributed by atoms with van der Waals surface area (Å²) in [5.41, 5.74) is -2.60. The monoisotopic (exact) mass is 456 g/mol. The van der Waals surface area contributed by atoms with Gasteiger partial charge in [-0.25, -0.2) is 4.79 Å². The number of hydrogen-bond acceptors (Lipinski definition) is 6. The maximum absolute atomic E-state index is 12.8. The summed E-state index contributed by atoms with van der Waals surface area (Å²) < 4.78 is 41.4. The molecule has 0 aromatic heterocycles. The van der Waals surface area contributed by atoms with Crippen molar-refractivity contribution in [1.82, 2.24) is 0 Å². The lowest BCUT2D eigenvalue weighted by atomic mass is 9.46. The summed E-state index contributed by atoms with van der Waals surface area (Å²) in [6.07, 6.45) is 0.781. The van der Waals surface area contributed by atoms with E-state index in [4.69, 9.17) is 0 Å². The molecule has 176 valence electrons. The number of allylic oxidation sites excluding steroid dienone is 4. The molecule has 0 bridgehead atoms. The van der Waals surface area contributed by atoms with Crippen molar-refractivity contribution in [3.63, 3.8) is 0 Å². The Labute approximate surface area is 183 Å². The van der Waals surface area contributed by atoms with Crippen LogP contribution in [0.2, 0.25) is 0 Å². The Bertz CT molecular complexity index is 923. The summed E-state index contributed by atoms with van der Waals surface area (Å²) >= 11 is 0. The Kier molecular flexibility index (Phi) is 5.25. The average molecular weight is 456 g/mol. The molecule has 3 fully saturated rings. The van der Waals surface area contributed by atoms with Gasteiger partial charge in [-0.1, -0.05) is 25.5 Å². The lowest BCUT2D eigenvalue weighted by molar-refractivity contribution is -0.203. The van der Waals surface area contributed by atoms with Crippen molar-refractivity contribution in [2.24, 2.45) is 28.6 Å². The van der Waals surface area contributed by atoms with Gasteiger partial charge in [-0.15, -0.1) is 0 Å². The van der Waals surface area contributed by atoms with E-state index >= 15 is 0 Å². The first kappa shape index (κ1) is 23.2. The summed E-state index contributed by atoms with van der Waals surface area (Å²) in [5, 5.41) is 22.6. The molecule has 4 aliphatic rings. The van der Waals surface area contributed by atoms with E-state index in [-0.39, 0.29) is 36.4 Å². The second kappa shape index (κ2) is 7.25. The first-order valence-electron chi connectivity index (χ1n) is 10.9. The molecule has 4 aliphatic carbocycles. The Morgan fingerprint density at radius 1 is 1.25 bits per heavy atom. The molecule has 1 unspecified atom stereocenters. The maximum atomic E-state index is 12.8. The summed E-state index contributed by atoms with van der Waals surface area (Å²) in [5.74, 6) is -3.92. The van der Waals surface area contributed by atoms with Crippen molar-refractivity contribution in [3.05, 3.63) is 23.8 Å². The Balaban J connectivity index is 1.60. The number of ether oxygens (including phenoxy) is 1. The minimum Gasteiger partial charge on any atom is -0.451 e. The molecular weight excluding hydrogens is 429 g/mol. The zero-order chi connectivity index (χ0) is 23.7. The van der Waals surface area contributed by atoms with Gasteiger partial charge in [0.1, 0.15) is 5.60 Å². The van der Waals surface area contributed by atoms with Crippen LogP contribution in [-0.4, -0.2) is 52.2 Å². The van der Waals surface area contributed by atoms with Crippen LogP contribution < -0.4 is 0 Å². The van der Waals surface area contributed by atoms with E-state index in [1.54, 1.807) is 13.0 Å². The zero-order valence-electron chi connectivity index (χ0n) is 17.9. The maximum Gasteiger partial charge on any atom is 0.490 e. The molecule has 0 aromatic rings. The van der Waals surface area contributed by atoms with Gasteiger partial charge in [-0.2, -0.15) is 13.2 Å². The van der Waals surface area contributed by atoms with Crippen LogP contribution in [0.15, 0.2) is 23.8 Å². The zero-order valence-corrected chi connectivity index (χ0v) is 17.9. The highest BCUT2D eigenvalue weighted by Gasteiger charge is 2.68. The SMILES string of the molecule is C[C@]12C=CC(=O)C=C1CC[C@@H]1[C@@H]2C(O)C[C@@]2(C)[C@H]1CC[C@]2(O)C(=O)COC(=O)C(F)(F)F. The summed E-state index contributed by atoms with van der Waals surface area (Å²) in [6, 6.07) is 0. The van der Waals surface area contributed by atoms with Crippen molar-refractivity contribution in [3.8, 4) is 0 Å². The molecule has 0 heterocycles. The largest absolute Gasteiger partial charge is 0.490 e. The van der Waals surface area contributed by atoms with Crippen LogP contribution >= 0.6 is 0 Å². The van der Waals surface area contributed by atoms with E-state index in [1.165, 1.54) is 6.08 Å². The molecule has 9 heteroatoms. The van der Waals surface area contributed by atoms with E-state index in [0.717, 1.165) is 5.57 Å². The molecule has 0 amide bonds. The Morgan fingerprint density at radius 3 is 2.59 bits per heavy atom. The summed E-state index contributed by atoms with van der Waals surface area (Å²) in [6.45, 7) is 2.52. The van der Waals surface area contributed by atoms with Crippen molar-refractivity contribution < 1.29 is 42.5 Å². The summed E-state index contributed by atoms with van der Waals surface area (Å²) in [7, 11) is 0. The third-order valence-corrected chi connectivity index (χ3v) is 8.67. The van der Waals surface area contributed by atoms with Crippen LogP contribution in [0.25, 0.3) is 0 Å². The second-order valence-electron chi connectivity index (χ2n) is 10.1. The fourth-order valence-electron chi connectivity index (χ4n) is 7.12. The highest BCUT2D eigenvalue weighted by Crippen LogP contribution is 2.67. The van der Waals surface area contributed by atoms with Crippen LogP contribution in [0.5, 0.6) is 0 Å². The third-order valence-electron chi connectivity index (χ3n) is 8.67. The number of hydrogen-bond donors (Lipinski definition) is 2. The van der Waals surface area contributed by atoms with E-state index in [0.29, 0.717) is 19.3 Å². The fourth-order valence-corrected chi connectivity index (χ4v) is 7.12. The van der Waals surface area contributed by atoms with Gasteiger partial charge >= 0.3 is 12.1 Å². The topological polar surface area (TPSA) is 101 Å². The number of aliphatic hydroxyl groups excluding tert-OH is 1. The molecule has 0 spiro atoms. The molecule has 7 atom stereocenters. The lowest BCUT2D eigenvalue weighted by Crippen LogP contribution is -2.61. The number of Topliss-reactive ketones (excluding diaryl/α,β-unsaturated/α-hetero) is 1. The predicted octanol–water partition coefficient (Wildman–Crippen LogP) is 2.67. The van der Waals surface area contributed by atoms with E-state index < -0.39 is 47.1 Å². The molecular formula is C23H27F3O6. The van der Waals surface area contributed by atoms with Gasteiger partial charge in [0.2, 0.25) is 5.78 Å². The Hall–Kier alpha value is -2.00. The molecule has 4 rings (SSSR count). The van der Waals surface area contributed by atoms with Crippen LogP contribution in [0.3, 0.4) is 0 Å². The lowest BCUT2D eigenvalue weighted by Gasteiger charge is -2.59. The minimum absolute atomic E-state index is 0.0280. The standard InChI is InChI=1S/C23H27F3O6/c1-20-7-5-13(27)9-12(20)3-4-14-15-6-8-22(31,21(15,2)10-16(28)18(14)20)17(29)11-32-19(30)23(24,25)26/h5,7,9,14-16,18,28,31H,3-4,6,8,10-11H2,1-2H3/t14-,15-,16?,18+,20-,21-,22-/m0/s1. The van der Waals surface area contributed by atoms with Gasteiger partial charge in [0.15, 0.2) is 12.4 Å². The van der Waals surface area contributed by atoms with E-state index in [2.05, 4.69) is 4.74 Å². The molecule has 32 heavy (non-hydrogen) atoms. The van der Waals surface area contributed by atoms with Crippen molar-refractivity contribution >= 4 is 17.5 Å². The van der Waals surface area contributed by atoms with Crippen LogP contribution in [-0.2, 0) is 19.1 Å². The number of carbonyl (C=O) groups is 3. The van der Waals surface area contributed by atoms with Gasteiger partial charge in [-0.3, -0.25) is 9.59 Å². The number of fused-ring (bicyclic) bond motifs is 5. The first-order valence-corrected chi connectivity index (χ1v) is 10.9. The number of carbonyl (C=O) groups excluding carboxylic acids is 3. The Morgan fingerprint density at radius 2 is 1.94 bits per heavy atom. The molecule has 0 saturated heterocycles. The highest BCUT2D eigenvalue weighted by molar-refractivity contribution is 6.01. The first-order chi connectivity index (χ1) is 14.7. The quantitative estimate of drug-likeness (QED) is 0.634. The van der Waals surface area contributed by atoms with Crippen molar-refractivity contribution in [2.45, 2.75) is 63.8 Å². The summed E-state index contributed by atoms with van der Waals surface area (Å²) in [4.78, 5) is 35.7. The normalized spacial score (nSPS) is 43.1. The molecule has 6 nitrogen and oxygen atoms in total. The smallest absolute Gasteiger partial charge is 0.451 e. The van der Waals surface area contributed by atoms with Crippen LogP contribution in [0, 0.1) is 28.6 Å². The molecule has 0 radical (unpaired) electrons. The van der Waals surface area contributed by atoms with Crippen molar-refractivity contribution in [1.29, 1.82) is 0 Å². The van der Waals surface area contributed by atoms with Gasteiger partial charge in [-0.05, 0) is 56.1 Å². The van der Waals surface area contributed by atoms with Gasteiger partial charge in [0.05, 0.1) is 6.10 Å². The average Bonchev–Trinajstić information content (AvgIpc) is 2.97. The number of aliphatic hydroxyl groups is 2. The van der Waals surface area contributed by atoms with E-state index in [1.807, 2.05) is 13.0 Å². The van der Waals surface area contributed by atoms with Gasteiger partial charge < -0.3 is 14.9 Å². The predicted molar refractivity (Wildman–Crippen MR) is 105 cm³/mol. The van der Waals surface area contributed by atoms with Crippen LogP contribution in [0.1, 0.15) is 46.0 Å². The molecule has 2 N–H and O–H groups in total. The number of alkyl halides is 3. The molecule has 0 aromatic carbocycles. The number of rotatable bonds is 3. The molecule has 0 aliphatic heterocycles. The van der Waals surface area contributed by atoms with E-state index in [9.17, 15) is 37.8 Å². The highest BCUT2D eigenvalue weighted by atomic mass is 19.4. The number of esters is 1. The van der Waals surface area contributed by atoms with Gasteiger partial charge in [0.25, 0.3) is 0 Å².